The van der Waals surface area contributed by atoms with Crippen LogP contribution >= 0.6 is 0 Å². The van der Waals surface area contributed by atoms with Crippen LogP contribution in [-0.4, -0.2) is 31.6 Å². The fourth-order valence-electron chi connectivity index (χ4n) is 1.86. The Balaban J connectivity index is 2.64. The summed E-state index contributed by atoms with van der Waals surface area (Å²) in [6, 6.07) is 4.76. The summed E-state index contributed by atoms with van der Waals surface area (Å²) in [5.41, 5.74) is 1.86. The number of nitro benzene ring substituents is 1. The molecule has 0 N–H and O–H groups in total. The number of benzene rings is 1. The van der Waals surface area contributed by atoms with Gasteiger partial charge in [-0.1, -0.05) is 0 Å². The van der Waals surface area contributed by atoms with E-state index in [0.717, 1.165) is 11.3 Å². The number of carbonyl (C=O) groups is 1. The minimum atomic E-state index is -0.409. The molecule has 0 saturated carbocycles. The van der Waals surface area contributed by atoms with Crippen LogP contribution in [0.25, 0.3) is 0 Å². The smallest absolute Gasteiger partial charge is 0.305 e. The van der Waals surface area contributed by atoms with Crippen molar-refractivity contribution < 1.29 is 14.5 Å². The molecule has 0 aromatic heterocycles. The Bertz CT molecular complexity index is 474. The Morgan fingerprint density at radius 2 is 2.16 bits per heavy atom. The van der Waals surface area contributed by atoms with Crippen molar-refractivity contribution in [1.82, 2.24) is 0 Å². The van der Waals surface area contributed by atoms with E-state index in [1.54, 1.807) is 12.1 Å². The number of carbonyl (C=O) groups excluding carboxylic acids is 1. The molecule has 0 aliphatic heterocycles. The van der Waals surface area contributed by atoms with Crippen molar-refractivity contribution in [2.45, 2.75) is 19.8 Å². The Morgan fingerprint density at radius 1 is 1.47 bits per heavy atom. The lowest BCUT2D eigenvalue weighted by Gasteiger charge is -2.21. The van der Waals surface area contributed by atoms with Gasteiger partial charge in [0.2, 0.25) is 0 Å². The van der Waals surface area contributed by atoms with Crippen molar-refractivity contribution in [3.05, 3.63) is 33.9 Å². The summed E-state index contributed by atoms with van der Waals surface area (Å²) in [6.45, 7) is 2.52. The van der Waals surface area contributed by atoms with Gasteiger partial charge in [0, 0.05) is 37.8 Å². The van der Waals surface area contributed by atoms with Gasteiger partial charge < -0.3 is 9.64 Å². The van der Waals surface area contributed by atoms with Gasteiger partial charge in [0.15, 0.2) is 0 Å². The number of nitro groups is 1. The maximum Gasteiger partial charge on any atom is 0.305 e. The van der Waals surface area contributed by atoms with E-state index in [1.807, 2.05) is 18.9 Å². The van der Waals surface area contributed by atoms with E-state index >= 15 is 0 Å². The second kappa shape index (κ2) is 6.72. The van der Waals surface area contributed by atoms with Crippen LogP contribution in [0.3, 0.4) is 0 Å². The third-order valence-electron chi connectivity index (χ3n) is 2.90. The van der Waals surface area contributed by atoms with E-state index < -0.39 is 4.92 Å². The highest BCUT2D eigenvalue weighted by molar-refractivity contribution is 5.69. The number of anilines is 1. The highest BCUT2D eigenvalue weighted by Crippen LogP contribution is 2.24. The summed E-state index contributed by atoms with van der Waals surface area (Å²) < 4.78 is 4.57. The van der Waals surface area contributed by atoms with Crippen LogP contribution in [0.4, 0.5) is 11.4 Å². The molecule has 1 rings (SSSR count). The molecule has 0 unspecified atom stereocenters. The number of ether oxygens (including phenoxy) is 1. The molecule has 6 heteroatoms. The Labute approximate surface area is 112 Å². The van der Waals surface area contributed by atoms with Gasteiger partial charge in [-0.2, -0.15) is 0 Å². The highest BCUT2D eigenvalue weighted by atomic mass is 16.6. The van der Waals surface area contributed by atoms with Gasteiger partial charge in [-0.3, -0.25) is 14.9 Å². The molecule has 19 heavy (non-hydrogen) atoms. The number of rotatable bonds is 6. The lowest BCUT2D eigenvalue weighted by Crippen LogP contribution is -2.20. The zero-order valence-electron chi connectivity index (χ0n) is 11.4. The third kappa shape index (κ3) is 4.24. The van der Waals surface area contributed by atoms with Crippen LogP contribution in [-0.2, 0) is 9.53 Å². The number of hydrogen-bond donors (Lipinski definition) is 0. The summed E-state index contributed by atoms with van der Waals surface area (Å²) in [4.78, 5) is 23.2. The largest absolute Gasteiger partial charge is 0.469 e. The Hall–Kier alpha value is -2.11. The van der Waals surface area contributed by atoms with E-state index in [4.69, 9.17) is 0 Å². The number of non-ortho nitro benzene ring substituents is 1. The molecular formula is C13H18N2O4. The summed E-state index contributed by atoms with van der Waals surface area (Å²) in [6.07, 6.45) is 1.05. The van der Waals surface area contributed by atoms with Crippen molar-refractivity contribution in [2.75, 3.05) is 25.6 Å². The molecule has 0 fully saturated rings. The van der Waals surface area contributed by atoms with Crippen LogP contribution in [0.1, 0.15) is 18.4 Å². The van der Waals surface area contributed by atoms with Gasteiger partial charge in [0.25, 0.3) is 5.69 Å². The van der Waals surface area contributed by atoms with E-state index in [0.29, 0.717) is 19.4 Å². The molecule has 0 aliphatic rings. The monoisotopic (exact) mass is 266 g/mol. The van der Waals surface area contributed by atoms with Crippen molar-refractivity contribution in [1.29, 1.82) is 0 Å². The Kier molecular flexibility index (Phi) is 5.29. The zero-order chi connectivity index (χ0) is 14.4. The highest BCUT2D eigenvalue weighted by Gasteiger charge is 2.11. The van der Waals surface area contributed by atoms with Crippen LogP contribution < -0.4 is 4.90 Å². The second-order valence-corrected chi connectivity index (χ2v) is 4.33. The third-order valence-corrected chi connectivity index (χ3v) is 2.90. The molecule has 1 aromatic rings. The van der Waals surface area contributed by atoms with Crippen LogP contribution in [0.2, 0.25) is 0 Å². The Morgan fingerprint density at radius 3 is 2.68 bits per heavy atom. The van der Waals surface area contributed by atoms with Gasteiger partial charge in [-0.05, 0) is 25.0 Å². The van der Waals surface area contributed by atoms with E-state index in [-0.39, 0.29) is 11.7 Å². The summed E-state index contributed by atoms with van der Waals surface area (Å²) in [5.74, 6) is -0.228. The first-order valence-electron chi connectivity index (χ1n) is 5.98. The van der Waals surface area contributed by atoms with Gasteiger partial charge in [0.05, 0.1) is 12.0 Å². The molecule has 1 aromatic carbocycles. The molecule has 104 valence electrons. The number of esters is 1. The maximum atomic E-state index is 11.0. The predicted molar refractivity (Wildman–Crippen MR) is 72.4 cm³/mol. The van der Waals surface area contributed by atoms with E-state index in [1.165, 1.54) is 13.2 Å². The minimum Gasteiger partial charge on any atom is -0.469 e. The molecule has 0 radical (unpaired) electrons. The van der Waals surface area contributed by atoms with E-state index in [9.17, 15) is 14.9 Å². The maximum absolute atomic E-state index is 11.0. The number of nitrogens with zero attached hydrogens (tertiary/aromatic N) is 2. The standard InChI is InChI=1S/C13H18N2O4/c1-10-9-11(15(17)18)6-7-12(10)14(2)8-4-5-13(16)19-3/h6-7,9H,4-5,8H2,1-3H3. The zero-order valence-corrected chi connectivity index (χ0v) is 11.4. The van der Waals surface area contributed by atoms with Crippen molar-refractivity contribution in [2.24, 2.45) is 0 Å². The minimum absolute atomic E-state index is 0.0872. The first-order chi connectivity index (χ1) is 8.95. The molecule has 0 amide bonds. The normalized spacial score (nSPS) is 10.1. The quantitative estimate of drug-likeness (QED) is 0.448. The fourth-order valence-corrected chi connectivity index (χ4v) is 1.86. The number of methoxy groups -OCH3 is 1. The predicted octanol–water partition coefficient (Wildman–Crippen LogP) is 2.29. The topological polar surface area (TPSA) is 72.7 Å². The SMILES string of the molecule is COC(=O)CCCN(C)c1ccc([N+](=O)[O-])cc1C. The molecule has 0 atom stereocenters. The second-order valence-electron chi connectivity index (χ2n) is 4.33. The average molecular weight is 266 g/mol. The fraction of sp³-hybridized carbons (Fsp3) is 0.462. The summed E-state index contributed by atoms with van der Waals surface area (Å²) in [5, 5.41) is 10.7. The molecule has 0 heterocycles. The number of hydrogen-bond acceptors (Lipinski definition) is 5. The van der Waals surface area contributed by atoms with Crippen LogP contribution in [0.15, 0.2) is 18.2 Å². The molecule has 0 spiro atoms. The van der Waals surface area contributed by atoms with Crippen molar-refractivity contribution in [3.63, 3.8) is 0 Å². The molecular weight excluding hydrogens is 248 g/mol. The van der Waals surface area contributed by atoms with Crippen LogP contribution in [0, 0.1) is 17.0 Å². The first kappa shape index (κ1) is 14.9. The van der Waals surface area contributed by atoms with Gasteiger partial charge in [0.1, 0.15) is 0 Å². The first-order valence-corrected chi connectivity index (χ1v) is 5.98. The van der Waals surface area contributed by atoms with Gasteiger partial charge in [-0.25, -0.2) is 0 Å². The van der Waals surface area contributed by atoms with Gasteiger partial charge in [-0.15, -0.1) is 0 Å². The number of aryl methyl sites for hydroxylation is 1. The molecule has 0 saturated heterocycles. The molecule has 6 nitrogen and oxygen atoms in total. The molecule has 0 aliphatic carbocycles. The van der Waals surface area contributed by atoms with Crippen molar-refractivity contribution >= 4 is 17.3 Å². The average Bonchev–Trinajstić information content (AvgIpc) is 2.37. The lowest BCUT2D eigenvalue weighted by atomic mass is 10.1. The summed E-state index contributed by atoms with van der Waals surface area (Å²) >= 11 is 0. The molecule has 0 bridgehead atoms. The van der Waals surface area contributed by atoms with Gasteiger partial charge >= 0.3 is 5.97 Å². The summed E-state index contributed by atoms with van der Waals surface area (Å²) in [7, 11) is 3.26. The van der Waals surface area contributed by atoms with Crippen molar-refractivity contribution in [3.8, 4) is 0 Å². The lowest BCUT2D eigenvalue weighted by molar-refractivity contribution is -0.384. The van der Waals surface area contributed by atoms with E-state index in [2.05, 4.69) is 4.74 Å². The van der Waals surface area contributed by atoms with Crippen LogP contribution in [0.5, 0.6) is 0 Å².